The summed E-state index contributed by atoms with van der Waals surface area (Å²) >= 11 is 3.11. The third-order valence-corrected chi connectivity index (χ3v) is 3.93. The standard InChI is InChI=1S/C15H15BrF2N2/c1-9-2-4-12(17)6-11(9)8-15(20-19)10-3-5-13(16)14(18)7-10/h2-7,15,20H,8,19H2,1H3. The molecule has 0 radical (unpaired) electrons. The van der Waals surface area contributed by atoms with Crippen LogP contribution >= 0.6 is 15.9 Å². The van der Waals surface area contributed by atoms with Crippen molar-refractivity contribution in [2.24, 2.45) is 5.84 Å². The zero-order chi connectivity index (χ0) is 14.7. The summed E-state index contributed by atoms with van der Waals surface area (Å²) in [5, 5.41) is 0. The van der Waals surface area contributed by atoms with Gasteiger partial charge >= 0.3 is 0 Å². The van der Waals surface area contributed by atoms with Crippen LogP contribution in [0, 0.1) is 18.6 Å². The van der Waals surface area contributed by atoms with Crippen molar-refractivity contribution < 1.29 is 8.78 Å². The summed E-state index contributed by atoms with van der Waals surface area (Å²) in [6.07, 6.45) is 0.487. The second kappa shape index (κ2) is 6.43. The van der Waals surface area contributed by atoms with Gasteiger partial charge in [0.25, 0.3) is 0 Å². The fourth-order valence-electron chi connectivity index (χ4n) is 2.08. The number of benzene rings is 2. The quantitative estimate of drug-likeness (QED) is 0.656. The van der Waals surface area contributed by atoms with E-state index in [1.54, 1.807) is 18.2 Å². The van der Waals surface area contributed by atoms with E-state index < -0.39 is 0 Å². The van der Waals surface area contributed by atoms with E-state index in [0.717, 1.165) is 16.7 Å². The van der Waals surface area contributed by atoms with E-state index in [0.29, 0.717) is 10.9 Å². The van der Waals surface area contributed by atoms with Crippen LogP contribution in [0.15, 0.2) is 40.9 Å². The molecule has 2 nitrogen and oxygen atoms in total. The number of rotatable bonds is 4. The van der Waals surface area contributed by atoms with Crippen molar-refractivity contribution in [3.63, 3.8) is 0 Å². The van der Waals surface area contributed by atoms with Gasteiger partial charge < -0.3 is 0 Å². The SMILES string of the molecule is Cc1ccc(F)cc1CC(NN)c1ccc(Br)c(F)c1. The van der Waals surface area contributed by atoms with Crippen LogP contribution in [0.1, 0.15) is 22.7 Å². The highest BCUT2D eigenvalue weighted by molar-refractivity contribution is 9.10. The van der Waals surface area contributed by atoms with Crippen molar-refractivity contribution in [1.82, 2.24) is 5.43 Å². The summed E-state index contributed by atoms with van der Waals surface area (Å²) < 4.78 is 27.3. The normalized spacial score (nSPS) is 12.4. The van der Waals surface area contributed by atoms with Gasteiger partial charge in [0.2, 0.25) is 0 Å². The molecular formula is C15H15BrF2N2. The molecule has 0 amide bonds. The molecule has 2 aromatic carbocycles. The van der Waals surface area contributed by atoms with Gasteiger partial charge in [-0.25, -0.2) is 8.78 Å². The summed E-state index contributed by atoms with van der Waals surface area (Å²) in [6, 6.07) is 9.18. The first-order chi connectivity index (χ1) is 9.51. The zero-order valence-electron chi connectivity index (χ0n) is 11.0. The fourth-order valence-corrected chi connectivity index (χ4v) is 2.33. The monoisotopic (exact) mass is 340 g/mol. The third-order valence-electron chi connectivity index (χ3n) is 3.28. The molecule has 0 fully saturated rings. The van der Waals surface area contributed by atoms with Crippen molar-refractivity contribution in [3.8, 4) is 0 Å². The van der Waals surface area contributed by atoms with E-state index in [4.69, 9.17) is 5.84 Å². The molecule has 1 atom stereocenters. The molecule has 2 aromatic rings. The topological polar surface area (TPSA) is 38.0 Å². The highest BCUT2D eigenvalue weighted by Gasteiger charge is 2.14. The lowest BCUT2D eigenvalue weighted by atomic mass is 9.96. The Hall–Kier alpha value is -1.30. The minimum absolute atomic E-state index is 0.280. The average Bonchev–Trinajstić information content (AvgIpc) is 2.43. The van der Waals surface area contributed by atoms with Crippen LogP contribution in [0.4, 0.5) is 8.78 Å². The highest BCUT2D eigenvalue weighted by atomic mass is 79.9. The van der Waals surface area contributed by atoms with E-state index >= 15 is 0 Å². The first-order valence-electron chi connectivity index (χ1n) is 6.17. The van der Waals surface area contributed by atoms with Crippen LogP contribution in [-0.2, 0) is 6.42 Å². The van der Waals surface area contributed by atoms with Gasteiger partial charge in [-0.05, 0) is 70.2 Å². The first kappa shape index (κ1) is 15.1. The lowest BCUT2D eigenvalue weighted by molar-refractivity contribution is 0.539. The predicted octanol–water partition coefficient (Wildman–Crippen LogP) is 3.78. The summed E-state index contributed by atoms with van der Waals surface area (Å²) in [6.45, 7) is 1.91. The summed E-state index contributed by atoms with van der Waals surface area (Å²) in [4.78, 5) is 0. The number of halogens is 3. The van der Waals surface area contributed by atoms with E-state index in [-0.39, 0.29) is 17.7 Å². The molecule has 1 unspecified atom stereocenters. The Labute approximate surface area is 125 Å². The average molecular weight is 341 g/mol. The van der Waals surface area contributed by atoms with Gasteiger partial charge in [0, 0.05) is 0 Å². The van der Waals surface area contributed by atoms with Crippen LogP contribution in [0.5, 0.6) is 0 Å². The van der Waals surface area contributed by atoms with Crippen LogP contribution in [-0.4, -0.2) is 0 Å². The summed E-state index contributed by atoms with van der Waals surface area (Å²) in [5.74, 6) is 4.91. The number of hydrazine groups is 1. The Morgan fingerprint density at radius 2 is 1.95 bits per heavy atom. The summed E-state index contributed by atoms with van der Waals surface area (Å²) in [5.41, 5.74) is 5.20. The molecular weight excluding hydrogens is 326 g/mol. The maximum Gasteiger partial charge on any atom is 0.137 e. The molecule has 0 saturated heterocycles. The minimum atomic E-state index is -0.348. The maximum absolute atomic E-state index is 13.6. The third kappa shape index (κ3) is 3.42. The smallest absolute Gasteiger partial charge is 0.137 e. The zero-order valence-corrected chi connectivity index (χ0v) is 12.5. The molecule has 0 aliphatic carbocycles. The predicted molar refractivity (Wildman–Crippen MR) is 79.0 cm³/mol. The largest absolute Gasteiger partial charge is 0.271 e. The Morgan fingerprint density at radius 1 is 1.20 bits per heavy atom. The Bertz CT molecular complexity index is 617. The molecule has 0 spiro atoms. The Morgan fingerprint density at radius 3 is 2.60 bits per heavy atom. The number of hydrogen-bond donors (Lipinski definition) is 2. The molecule has 2 rings (SSSR count). The molecule has 20 heavy (non-hydrogen) atoms. The Kier molecular flexibility index (Phi) is 4.86. The van der Waals surface area contributed by atoms with E-state index in [1.165, 1.54) is 18.2 Å². The minimum Gasteiger partial charge on any atom is -0.271 e. The Balaban J connectivity index is 2.28. The molecule has 5 heteroatoms. The van der Waals surface area contributed by atoms with Gasteiger partial charge in [0.05, 0.1) is 10.5 Å². The van der Waals surface area contributed by atoms with Crippen molar-refractivity contribution in [2.75, 3.05) is 0 Å². The number of nitrogens with two attached hydrogens (primary N) is 1. The van der Waals surface area contributed by atoms with Gasteiger partial charge in [0.1, 0.15) is 11.6 Å². The van der Waals surface area contributed by atoms with E-state index in [2.05, 4.69) is 21.4 Å². The molecule has 0 bridgehead atoms. The van der Waals surface area contributed by atoms with Crippen LogP contribution in [0.25, 0.3) is 0 Å². The van der Waals surface area contributed by atoms with Gasteiger partial charge in [-0.3, -0.25) is 11.3 Å². The second-order valence-corrected chi connectivity index (χ2v) is 5.52. The molecule has 0 aromatic heterocycles. The molecule has 0 aliphatic rings. The van der Waals surface area contributed by atoms with Gasteiger partial charge in [0.15, 0.2) is 0 Å². The van der Waals surface area contributed by atoms with Crippen molar-refractivity contribution >= 4 is 15.9 Å². The lowest BCUT2D eigenvalue weighted by Gasteiger charge is -2.18. The van der Waals surface area contributed by atoms with Crippen LogP contribution in [0.2, 0.25) is 0 Å². The lowest BCUT2D eigenvalue weighted by Crippen LogP contribution is -2.29. The number of hydrogen-bond acceptors (Lipinski definition) is 2. The van der Waals surface area contributed by atoms with Gasteiger partial charge in [-0.15, -0.1) is 0 Å². The maximum atomic E-state index is 13.6. The van der Waals surface area contributed by atoms with Crippen molar-refractivity contribution in [1.29, 1.82) is 0 Å². The number of aryl methyl sites for hydroxylation is 1. The van der Waals surface area contributed by atoms with Crippen LogP contribution in [0.3, 0.4) is 0 Å². The fraction of sp³-hybridized carbons (Fsp3) is 0.200. The molecule has 3 N–H and O–H groups in total. The second-order valence-electron chi connectivity index (χ2n) is 4.67. The van der Waals surface area contributed by atoms with Crippen molar-refractivity contribution in [2.45, 2.75) is 19.4 Å². The summed E-state index contributed by atoms with van der Waals surface area (Å²) in [7, 11) is 0. The number of nitrogens with one attached hydrogen (secondary N) is 1. The van der Waals surface area contributed by atoms with Crippen molar-refractivity contribution in [3.05, 3.63) is 69.2 Å². The molecule has 0 aliphatic heterocycles. The molecule has 106 valence electrons. The van der Waals surface area contributed by atoms with Gasteiger partial charge in [-0.2, -0.15) is 0 Å². The highest BCUT2D eigenvalue weighted by Crippen LogP contribution is 2.24. The van der Waals surface area contributed by atoms with Gasteiger partial charge in [-0.1, -0.05) is 12.1 Å². The molecule has 0 saturated carbocycles. The first-order valence-corrected chi connectivity index (χ1v) is 6.96. The molecule has 0 heterocycles. The van der Waals surface area contributed by atoms with E-state index in [1.807, 2.05) is 6.92 Å². The van der Waals surface area contributed by atoms with Crippen LogP contribution < -0.4 is 11.3 Å². The van der Waals surface area contributed by atoms with E-state index in [9.17, 15) is 8.78 Å².